The van der Waals surface area contributed by atoms with Gasteiger partial charge in [0, 0.05) is 5.39 Å². The van der Waals surface area contributed by atoms with Gasteiger partial charge in [0.2, 0.25) is 0 Å². The minimum absolute atomic E-state index is 0.336. The van der Waals surface area contributed by atoms with Gasteiger partial charge in [0.25, 0.3) is 5.91 Å². The Hall–Kier alpha value is -2.62. The third kappa shape index (κ3) is 2.72. The lowest BCUT2D eigenvalue weighted by molar-refractivity contribution is -0.142. The summed E-state index contributed by atoms with van der Waals surface area (Å²) in [6.45, 7) is 7.10. The summed E-state index contributed by atoms with van der Waals surface area (Å²) >= 11 is 0. The van der Waals surface area contributed by atoms with E-state index in [0.29, 0.717) is 5.69 Å². The average Bonchev–Trinajstić information content (AvgIpc) is 2.55. The van der Waals surface area contributed by atoms with Crippen LogP contribution in [0.1, 0.15) is 12.5 Å². The lowest BCUT2D eigenvalue weighted by Gasteiger charge is -2.29. The number of carbonyl (C=O) groups is 2. The Balaban J connectivity index is 2.71. The van der Waals surface area contributed by atoms with Crippen LogP contribution in [0.2, 0.25) is 0 Å². The van der Waals surface area contributed by atoms with Crippen molar-refractivity contribution in [2.75, 3.05) is 12.0 Å². The number of hydrogen-bond donors (Lipinski definition) is 0. The van der Waals surface area contributed by atoms with Crippen molar-refractivity contribution in [1.82, 2.24) is 0 Å². The van der Waals surface area contributed by atoms with Gasteiger partial charge >= 0.3 is 5.97 Å². The van der Waals surface area contributed by atoms with E-state index in [9.17, 15) is 9.59 Å². The van der Waals surface area contributed by atoms with Crippen molar-refractivity contribution >= 4 is 28.3 Å². The zero-order chi connectivity index (χ0) is 16.3. The quantitative estimate of drug-likeness (QED) is 0.643. The minimum atomic E-state index is -0.736. The molecule has 2 rings (SSSR count). The molecule has 1 amide bonds. The maximum absolute atomic E-state index is 12.4. The predicted molar refractivity (Wildman–Crippen MR) is 87.8 cm³/mol. The molecule has 2 aromatic carbocycles. The van der Waals surface area contributed by atoms with Gasteiger partial charge in [-0.2, -0.15) is 0 Å². The highest BCUT2D eigenvalue weighted by molar-refractivity contribution is 6.11. The molecule has 0 heterocycles. The summed E-state index contributed by atoms with van der Waals surface area (Å²) in [5.41, 5.74) is 1.62. The summed E-state index contributed by atoms with van der Waals surface area (Å²) in [7, 11) is 1.31. The lowest BCUT2D eigenvalue weighted by Crippen LogP contribution is -2.43. The molecule has 2 aromatic rings. The van der Waals surface area contributed by atoms with Gasteiger partial charge in [-0.05, 0) is 30.9 Å². The third-order valence-corrected chi connectivity index (χ3v) is 3.68. The van der Waals surface area contributed by atoms with Crippen LogP contribution in [0.25, 0.3) is 10.8 Å². The molecule has 1 atom stereocenters. The summed E-state index contributed by atoms with van der Waals surface area (Å²) in [5.74, 6) is -0.806. The molecular formula is C18H19NO3. The van der Waals surface area contributed by atoms with Gasteiger partial charge in [-0.3, -0.25) is 9.69 Å². The number of ether oxygens (including phenoxy) is 1. The summed E-state index contributed by atoms with van der Waals surface area (Å²) in [6, 6.07) is 10.9. The standard InChI is InChI=1S/C18H19NO3/c1-5-16(20)19(13(3)18(21)22-4)17-12(2)10-11-14-8-6-7-9-15(14)17/h5-11,13H,1H2,2-4H3/t13-/m0/s1. The first-order valence-corrected chi connectivity index (χ1v) is 7.03. The van der Waals surface area contributed by atoms with Crippen LogP contribution >= 0.6 is 0 Å². The van der Waals surface area contributed by atoms with Crippen molar-refractivity contribution in [1.29, 1.82) is 0 Å². The molecular weight excluding hydrogens is 278 g/mol. The summed E-state index contributed by atoms with van der Waals surface area (Å²) in [5, 5.41) is 1.91. The molecule has 0 N–H and O–H groups in total. The molecule has 22 heavy (non-hydrogen) atoms. The number of benzene rings is 2. The van der Waals surface area contributed by atoms with E-state index < -0.39 is 12.0 Å². The molecule has 0 saturated heterocycles. The van der Waals surface area contributed by atoms with Crippen LogP contribution in [0, 0.1) is 6.92 Å². The fourth-order valence-corrected chi connectivity index (χ4v) is 2.55. The summed E-state index contributed by atoms with van der Waals surface area (Å²) in [6.07, 6.45) is 1.21. The summed E-state index contributed by atoms with van der Waals surface area (Å²) < 4.78 is 4.79. The second kappa shape index (κ2) is 6.43. The van der Waals surface area contributed by atoms with Crippen molar-refractivity contribution in [2.45, 2.75) is 19.9 Å². The zero-order valence-electron chi connectivity index (χ0n) is 13.0. The highest BCUT2D eigenvalue weighted by atomic mass is 16.5. The van der Waals surface area contributed by atoms with Gasteiger partial charge in [-0.1, -0.05) is 43.0 Å². The largest absolute Gasteiger partial charge is 0.467 e. The molecule has 4 heteroatoms. The van der Waals surface area contributed by atoms with Crippen LogP contribution < -0.4 is 4.90 Å². The van der Waals surface area contributed by atoms with Crippen molar-refractivity contribution in [3.8, 4) is 0 Å². The number of esters is 1. The molecule has 0 aliphatic rings. The summed E-state index contributed by atoms with van der Waals surface area (Å²) in [4.78, 5) is 25.8. The van der Waals surface area contributed by atoms with E-state index in [4.69, 9.17) is 4.74 Å². The minimum Gasteiger partial charge on any atom is -0.467 e. The first-order valence-electron chi connectivity index (χ1n) is 7.03. The van der Waals surface area contributed by atoms with Gasteiger partial charge in [-0.25, -0.2) is 4.79 Å². The molecule has 0 saturated carbocycles. The molecule has 4 nitrogen and oxygen atoms in total. The molecule has 0 aliphatic carbocycles. The van der Waals surface area contributed by atoms with E-state index in [1.807, 2.05) is 43.3 Å². The van der Waals surface area contributed by atoms with Crippen LogP contribution in [0.4, 0.5) is 5.69 Å². The Morgan fingerprint density at radius 3 is 2.55 bits per heavy atom. The van der Waals surface area contributed by atoms with Crippen LogP contribution in [-0.4, -0.2) is 25.0 Å². The first-order chi connectivity index (χ1) is 10.5. The number of anilines is 1. The average molecular weight is 297 g/mol. The molecule has 0 bridgehead atoms. The van der Waals surface area contributed by atoms with E-state index in [2.05, 4.69) is 6.58 Å². The number of aryl methyl sites for hydroxylation is 1. The second-order valence-corrected chi connectivity index (χ2v) is 5.06. The van der Waals surface area contributed by atoms with Gasteiger partial charge in [0.1, 0.15) is 6.04 Å². The molecule has 0 unspecified atom stereocenters. The SMILES string of the molecule is C=CC(=O)N(c1c(C)ccc2ccccc12)[C@@H](C)C(=O)OC. The maximum atomic E-state index is 12.4. The Morgan fingerprint density at radius 1 is 1.23 bits per heavy atom. The zero-order valence-corrected chi connectivity index (χ0v) is 13.0. The highest BCUT2D eigenvalue weighted by Crippen LogP contribution is 2.32. The fourth-order valence-electron chi connectivity index (χ4n) is 2.55. The topological polar surface area (TPSA) is 46.6 Å². The van der Waals surface area contributed by atoms with E-state index in [-0.39, 0.29) is 5.91 Å². The van der Waals surface area contributed by atoms with Gasteiger partial charge in [-0.15, -0.1) is 0 Å². The van der Waals surface area contributed by atoms with Crippen LogP contribution in [-0.2, 0) is 14.3 Å². The van der Waals surface area contributed by atoms with Crippen LogP contribution in [0.5, 0.6) is 0 Å². The molecule has 0 spiro atoms. The first kappa shape index (κ1) is 15.8. The maximum Gasteiger partial charge on any atom is 0.328 e. The molecule has 0 radical (unpaired) electrons. The number of fused-ring (bicyclic) bond motifs is 1. The Morgan fingerprint density at radius 2 is 1.91 bits per heavy atom. The van der Waals surface area contributed by atoms with E-state index in [1.165, 1.54) is 18.1 Å². The van der Waals surface area contributed by atoms with Crippen molar-refractivity contribution < 1.29 is 14.3 Å². The number of carbonyl (C=O) groups excluding carboxylic acids is 2. The van der Waals surface area contributed by atoms with Crippen LogP contribution in [0.15, 0.2) is 49.1 Å². The second-order valence-electron chi connectivity index (χ2n) is 5.06. The van der Waals surface area contributed by atoms with Crippen LogP contribution in [0.3, 0.4) is 0 Å². The van der Waals surface area contributed by atoms with Gasteiger partial charge < -0.3 is 4.74 Å². The number of nitrogens with zero attached hydrogens (tertiary/aromatic N) is 1. The van der Waals surface area contributed by atoms with Crippen molar-refractivity contribution in [3.63, 3.8) is 0 Å². The monoisotopic (exact) mass is 297 g/mol. The van der Waals surface area contributed by atoms with Gasteiger partial charge in [0.05, 0.1) is 12.8 Å². The molecule has 0 fully saturated rings. The third-order valence-electron chi connectivity index (χ3n) is 3.68. The van der Waals surface area contributed by atoms with E-state index in [0.717, 1.165) is 16.3 Å². The molecule has 0 aromatic heterocycles. The normalized spacial score (nSPS) is 11.8. The number of hydrogen-bond acceptors (Lipinski definition) is 3. The number of rotatable bonds is 4. The van der Waals surface area contributed by atoms with Crippen molar-refractivity contribution in [2.24, 2.45) is 0 Å². The highest BCUT2D eigenvalue weighted by Gasteiger charge is 2.28. The fraction of sp³-hybridized carbons (Fsp3) is 0.222. The lowest BCUT2D eigenvalue weighted by atomic mass is 10.0. The number of methoxy groups -OCH3 is 1. The van der Waals surface area contributed by atoms with E-state index >= 15 is 0 Å². The molecule has 114 valence electrons. The van der Waals surface area contributed by atoms with Crippen molar-refractivity contribution in [3.05, 3.63) is 54.6 Å². The molecule has 0 aliphatic heterocycles. The predicted octanol–water partition coefficient (Wildman–Crippen LogP) is 3.23. The Labute approximate surface area is 130 Å². The smallest absolute Gasteiger partial charge is 0.328 e. The Kier molecular flexibility index (Phi) is 4.61. The van der Waals surface area contributed by atoms with Gasteiger partial charge in [0.15, 0.2) is 0 Å². The van der Waals surface area contributed by atoms with E-state index in [1.54, 1.807) is 6.92 Å². The Bertz CT molecular complexity index is 736. The number of amides is 1.